The average molecular weight is 275 g/mol. The maximum Gasteiger partial charge on any atom is 0.253 e. The van der Waals surface area contributed by atoms with Crippen molar-refractivity contribution >= 4 is 23.4 Å². The Balaban J connectivity index is 2.04. The zero-order valence-corrected chi connectivity index (χ0v) is 11.7. The highest BCUT2D eigenvalue weighted by atomic mass is 16.2. The maximum absolute atomic E-state index is 12.0. The molecule has 2 N–H and O–H groups in total. The predicted octanol–water partition coefficient (Wildman–Crippen LogP) is 0.751. The smallest absolute Gasteiger partial charge is 0.253 e. The van der Waals surface area contributed by atoms with E-state index in [1.807, 2.05) is 32.0 Å². The Bertz CT molecular complexity index is 583. The number of carbonyl (C=O) groups excluding carboxylic acids is 3. The van der Waals surface area contributed by atoms with Crippen molar-refractivity contribution < 1.29 is 14.4 Å². The van der Waals surface area contributed by atoms with Gasteiger partial charge in [0.15, 0.2) is 0 Å². The number of anilines is 1. The summed E-state index contributed by atoms with van der Waals surface area (Å²) in [6.07, 6.45) is -0.150. The molecule has 6 heteroatoms. The van der Waals surface area contributed by atoms with Crippen molar-refractivity contribution in [3.8, 4) is 0 Å². The molecule has 6 nitrogen and oxygen atoms in total. The van der Waals surface area contributed by atoms with Crippen LogP contribution in [0.15, 0.2) is 18.2 Å². The van der Waals surface area contributed by atoms with Gasteiger partial charge in [0.1, 0.15) is 5.92 Å². The highest BCUT2D eigenvalue weighted by Gasteiger charge is 2.38. The normalized spacial score (nSPS) is 18.1. The van der Waals surface area contributed by atoms with Crippen LogP contribution < -0.4 is 10.7 Å². The molecule has 1 aromatic carbocycles. The van der Waals surface area contributed by atoms with Crippen molar-refractivity contribution in [3.05, 3.63) is 29.3 Å². The Morgan fingerprint density at radius 2 is 2.05 bits per heavy atom. The maximum atomic E-state index is 12.0. The number of nitrogens with zero attached hydrogens (tertiary/aromatic N) is 1. The van der Waals surface area contributed by atoms with Gasteiger partial charge >= 0.3 is 0 Å². The Kier molecular flexibility index (Phi) is 3.74. The predicted molar refractivity (Wildman–Crippen MR) is 73.6 cm³/mol. The molecule has 106 valence electrons. The summed E-state index contributed by atoms with van der Waals surface area (Å²) < 4.78 is 0. The van der Waals surface area contributed by atoms with E-state index in [0.717, 1.165) is 16.1 Å². The van der Waals surface area contributed by atoms with Crippen LogP contribution in [0.25, 0.3) is 0 Å². The minimum atomic E-state index is -0.940. The first kappa shape index (κ1) is 14.0. The number of benzene rings is 1. The second-order valence-electron chi connectivity index (χ2n) is 5.00. The summed E-state index contributed by atoms with van der Waals surface area (Å²) in [6.45, 7) is 3.81. The summed E-state index contributed by atoms with van der Waals surface area (Å²) in [7, 11) is 1.46. The van der Waals surface area contributed by atoms with E-state index < -0.39 is 11.8 Å². The molecule has 1 atom stereocenters. The minimum Gasteiger partial charge on any atom is -0.326 e. The van der Waals surface area contributed by atoms with Crippen LogP contribution in [-0.4, -0.2) is 29.8 Å². The van der Waals surface area contributed by atoms with E-state index in [1.54, 1.807) is 0 Å². The van der Waals surface area contributed by atoms with Gasteiger partial charge in [-0.2, -0.15) is 0 Å². The van der Waals surface area contributed by atoms with Crippen LogP contribution in [0.1, 0.15) is 17.5 Å². The molecule has 0 aromatic heterocycles. The summed E-state index contributed by atoms with van der Waals surface area (Å²) in [6, 6.07) is 5.72. The quantitative estimate of drug-likeness (QED) is 0.799. The van der Waals surface area contributed by atoms with Crippen molar-refractivity contribution in [2.45, 2.75) is 20.3 Å². The van der Waals surface area contributed by atoms with E-state index in [-0.39, 0.29) is 18.2 Å². The summed E-state index contributed by atoms with van der Waals surface area (Å²) >= 11 is 0. The summed E-state index contributed by atoms with van der Waals surface area (Å²) in [5.41, 5.74) is 5.04. The fourth-order valence-corrected chi connectivity index (χ4v) is 2.08. The van der Waals surface area contributed by atoms with Crippen LogP contribution in [-0.2, 0) is 14.4 Å². The third kappa shape index (κ3) is 2.79. The fourth-order valence-electron chi connectivity index (χ4n) is 2.08. The molecule has 0 bridgehead atoms. The van der Waals surface area contributed by atoms with Gasteiger partial charge in [-0.05, 0) is 31.0 Å². The third-order valence-electron chi connectivity index (χ3n) is 3.28. The average Bonchev–Trinajstić information content (AvgIpc) is 2.61. The number of rotatable bonds is 3. The van der Waals surface area contributed by atoms with Crippen LogP contribution in [0.3, 0.4) is 0 Å². The van der Waals surface area contributed by atoms with Gasteiger partial charge in [-0.25, -0.2) is 0 Å². The van der Waals surface area contributed by atoms with Crippen molar-refractivity contribution in [1.29, 1.82) is 0 Å². The number of hydrogen-bond donors (Lipinski definition) is 2. The molecule has 1 unspecified atom stereocenters. The van der Waals surface area contributed by atoms with Gasteiger partial charge in [0, 0.05) is 19.2 Å². The first-order chi connectivity index (χ1) is 9.38. The Morgan fingerprint density at radius 1 is 1.35 bits per heavy atom. The second kappa shape index (κ2) is 5.32. The summed E-state index contributed by atoms with van der Waals surface area (Å²) in [5.74, 6) is -2.10. The molecule has 1 aliphatic rings. The summed E-state index contributed by atoms with van der Waals surface area (Å²) in [5, 5.41) is 3.85. The highest BCUT2D eigenvalue weighted by Crippen LogP contribution is 2.19. The van der Waals surface area contributed by atoms with Gasteiger partial charge in [-0.3, -0.25) is 24.8 Å². The molecule has 0 radical (unpaired) electrons. The van der Waals surface area contributed by atoms with E-state index >= 15 is 0 Å². The van der Waals surface area contributed by atoms with Crippen LogP contribution in [0, 0.1) is 19.8 Å². The van der Waals surface area contributed by atoms with E-state index in [1.165, 1.54) is 7.05 Å². The van der Waals surface area contributed by atoms with Crippen LogP contribution in [0.4, 0.5) is 5.69 Å². The van der Waals surface area contributed by atoms with E-state index in [9.17, 15) is 14.4 Å². The lowest BCUT2D eigenvalue weighted by Crippen LogP contribution is -2.31. The second-order valence-corrected chi connectivity index (χ2v) is 5.00. The SMILES string of the molecule is Cc1ccc(C)c(NC(=O)CC2C(=O)NN(C)C2=O)c1. The lowest BCUT2D eigenvalue weighted by molar-refractivity contribution is -0.134. The molecule has 20 heavy (non-hydrogen) atoms. The van der Waals surface area contributed by atoms with Crippen molar-refractivity contribution in [2.75, 3.05) is 12.4 Å². The fraction of sp³-hybridized carbons (Fsp3) is 0.357. The molecule has 1 heterocycles. The van der Waals surface area contributed by atoms with Gasteiger partial charge in [0.25, 0.3) is 11.8 Å². The van der Waals surface area contributed by atoms with Crippen molar-refractivity contribution in [3.63, 3.8) is 0 Å². The molecular weight excluding hydrogens is 258 g/mol. The molecule has 2 rings (SSSR count). The molecular formula is C14H17N3O3. The minimum absolute atomic E-state index is 0.150. The van der Waals surface area contributed by atoms with Gasteiger partial charge in [-0.1, -0.05) is 12.1 Å². The Morgan fingerprint density at radius 3 is 2.65 bits per heavy atom. The molecule has 1 saturated heterocycles. The van der Waals surface area contributed by atoms with E-state index in [4.69, 9.17) is 0 Å². The topological polar surface area (TPSA) is 78.5 Å². The number of amides is 3. The zero-order chi connectivity index (χ0) is 14.9. The molecule has 1 aliphatic heterocycles. The zero-order valence-electron chi connectivity index (χ0n) is 11.7. The van der Waals surface area contributed by atoms with E-state index in [2.05, 4.69) is 10.7 Å². The Labute approximate surface area is 117 Å². The molecule has 0 aliphatic carbocycles. The number of hydrazine groups is 1. The van der Waals surface area contributed by atoms with Crippen LogP contribution in [0.5, 0.6) is 0 Å². The summed E-state index contributed by atoms with van der Waals surface area (Å²) in [4.78, 5) is 35.2. The third-order valence-corrected chi connectivity index (χ3v) is 3.28. The highest BCUT2D eigenvalue weighted by molar-refractivity contribution is 6.08. The van der Waals surface area contributed by atoms with Gasteiger partial charge in [-0.15, -0.1) is 0 Å². The van der Waals surface area contributed by atoms with E-state index in [0.29, 0.717) is 5.69 Å². The van der Waals surface area contributed by atoms with Crippen molar-refractivity contribution in [2.24, 2.45) is 5.92 Å². The van der Waals surface area contributed by atoms with Crippen molar-refractivity contribution in [1.82, 2.24) is 10.4 Å². The molecule has 0 spiro atoms. The molecule has 0 saturated carbocycles. The van der Waals surface area contributed by atoms with Crippen LogP contribution in [0.2, 0.25) is 0 Å². The monoisotopic (exact) mass is 275 g/mol. The van der Waals surface area contributed by atoms with Gasteiger partial charge in [0.2, 0.25) is 5.91 Å². The number of nitrogens with one attached hydrogen (secondary N) is 2. The van der Waals surface area contributed by atoms with Crippen LogP contribution >= 0.6 is 0 Å². The first-order valence-corrected chi connectivity index (χ1v) is 6.33. The van der Waals surface area contributed by atoms with Gasteiger partial charge in [0.05, 0.1) is 0 Å². The number of aryl methyl sites for hydroxylation is 2. The first-order valence-electron chi connectivity index (χ1n) is 6.33. The molecule has 1 aromatic rings. The standard InChI is InChI=1S/C14H17N3O3/c1-8-4-5-9(2)11(6-8)15-12(18)7-10-13(19)16-17(3)14(10)20/h4-6,10H,7H2,1-3H3,(H,15,18)(H,16,19). The number of carbonyl (C=O) groups is 3. The lowest BCUT2D eigenvalue weighted by atomic mass is 10.0. The largest absolute Gasteiger partial charge is 0.326 e. The lowest BCUT2D eigenvalue weighted by Gasteiger charge is -2.10. The Hall–Kier alpha value is -2.37. The molecule has 1 fully saturated rings. The van der Waals surface area contributed by atoms with Gasteiger partial charge < -0.3 is 5.32 Å². The molecule has 3 amide bonds. The number of hydrogen-bond acceptors (Lipinski definition) is 3.